The van der Waals surface area contributed by atoms with Crippen LogP contribution in [0.1, 0.15) is 0 Å². The van der Waals surface area contributed by atoms with Crippen LogP contribution in [0.15, 0.2) is 73.2 Å². The molecule has 0 saturated carbocycles. The molecule has 6 rings (SSSR count). The summed E-state index contributed by atoms with van der Waals surface area (Å²) in [6.45, 7) is 2.55. The minimum atomic E-state index is -3.48. The number of aromatic nitrogens is 4. The summed E-state index contributed by atoms with van der Waals surface area (Å²) in [5.74, 6) is 1.26. The quantitative estimate of drug-likeness (QED) is 0.341. The predicted octanol–water partition coefficient (Wildman–Crippen LogP) is 3.93. The third kappa shape index (κ3) is 4.99. The van der Waals surface area contributed by atoms with Gasteiger partial charge in [-0.3, -0.25) is 4.98 Å². The Morgan fingerprint density at radius 2 is 1.69 bits per heavy atom. The Balaban J connectivity index is 1.38. The zero-order valence-electron chi connectivity index (χ0n) is 21.0. The van der Waals surface area contributed by atoms with E-state index in [0.29, 0.717) is 54.5 Å². The van der Waals surface area contributed by atoms with Crippen molar-refractivity contribution >= 4 is 55.1 Å². The largest absolute Gasteiger partial charge is 0.378 e. The number of benzene rings is 2. The molecule has 0 unspecified atom stereocenters. The number of anilines is 3. The van der Waals surface area contributed by atoms with E-state index in [1.54, 1.807) is 55.0 Å². The molecule has 1 aliphatic rings. The maximum absolute atomic E-state index is 12.4. The number of carbonyl (C=O) groups excluding carboxylic acids is 1. The van der Waals surface area contributed by atoms with Crippen molar-refractivity contribution in [3.8, 4) is 11.4 Å². The van der Waals surface area contributed by atoms with Gasteiger partial charge in [-0.15, -0.1) is 0 Å². The fraction of sp³-hybridized carbons (Fsp3) is 0.185. The predicted molar refractivity (Wildman–Crippen MR) is 151 cm³/mol. The van der Waals surface area contributed by atoms with Crippen LogP contribution in [0, 0.1) is 0 Å². The SMILES string of the molecule is CS(=O)(=O)n1ccc2c3nc(-c4ccc(NC(=O)Nc5cccnc5)cc4)nc(N4CCOCC4)c3ccc21. The number of amides is 2. The van der Waals surface area contributed by atoms with Gasteiger partial charge in [-0.25, -0.2) is 27.2 Å². The summed E-state index contributed by atoms with van der Waals surface area (Å²) in [6, 6.07) is 15.8. The fourth-order valence-electron chi connectivity index (χ4n) is 4.64. The first kappa shape index (κ1) is 24.8. The molecule has 0 bridgehead atoms. The van der Waals surface area contributed by atoms with Crippen molar-refractivity contribution in [1.82, 2.24) is 18.9 Å². The van der Waals surface area contributed by atoms with Gasteiger partial charge in [0, 0.05) is 47.5 Å². The van der Waals surface area contributed by atoms with Crippen molar-refractivity contribution in [3.05, 3.63) is 73.2 Å². The van der Waals surface area contributed by atoms with Gasteiger partial charge in [0.25, 0.3) is 0 Å². The highest BCUT2D eigenvalue weighted by atomic mass is 32.2. The van der Waals surface area contributed by atoms with E-state index in [1.165, 1.54) is 10.2 Å². The molecule has 1 fully saturated rings. The van der Waals surface area contributed by atoms with E-state index < -0.39 is 10.0 Å². The van der Waals surface area contributed by atoms with Gasteiger partial charge in [-0.2, -0.15) is 0 Å². The normalized spacial score (nSPS) is 14.0. The van der Waals surface area contributed by atoms with Crippen molar-refractivity contribution < 1.29 is 17.9 Å². The van der Waals surface area contributed by atoms with E-state index in [-0.39, 0.29) is 6.03 Å². The Bertz CT molecular complexity index is 1780. The van der Waals surface area contributed by atoms with E-state index in [1.807, 2.05) is 18.2 Å². The Morgan fingerprint density at radius 1 is 0.923 bits per heavy atom. The van der Waals surface area contributed by atoms with E-state index >= 15 is 0 Å². The van der Waals surface area contributed by atoms with Gasteiger partial charge in [-0.05, 0) is 54.6 Å². The van der Waals surface area contributed by atoms with Gasteiger partial charge in [0.2, 0.25) is 10.0 Å². The number of carbonyl (C=O) groups is 1. The van der Waals surface area contributed by atoms with Crippen molar-refractivity contribution in [2.24, 2.45) is 0 Å². The molecule has 0 spiro atoms. The number of ether oxygens (including phenoxy) is 1. The highest BCUT2D eigenvalue weighted by molar-refractivity contribution is 7.89. The number of urea groups is 1. The van der Waals surface area contributed by atoms with Gasteiger partial charge in [0.05, 0.1) is 42.4 Å². The molecule has 0 radical (unpaired) electrons. The van der Waals surface area contributed by atoms with E-state index in [4.69, 9.17) is 14.7 Å². The number of pyridine rings is 1. The molecule has 11 nitrogen and oxygen atoms in total. The average molecular weight is 544 g/mol. The maximum Gasteiger partial charge on any atom is 0.323 e. The Morgan fingerprint density at radius 3 is 2.41 bits per heavy atom. The zero-order valence-corrected chi connectivity index (χ0v) is 21.9. The molecule has 0 aliphatic carbocycles. The molecule has 198 valence electrons. The molecule has 39 heavy (non-hydrogen) atoms. The van der Waals surface area contributed by atoms with Crippen LogP contribution in [0.2, 0.25) is 0 Å². The van der Waals surface area contributed by atoms with Crippen molar-refractivity contribution in [1.29, 1.82) is 0 Å². The topological polar surface area (TPSA) is 131 Å². The molecule has 5 aromatic rings. The second-order valence-corrected chi connectivity index (χ2v) is 11.0. The lowest BCUT2D eigenvalue weighted by molar-refractivity contribution is 0.122. The first-order chi connectivity index (χ1) is 18.9. The third-order valence-corrected chi connectivity index (χ3v) is 7.50. The summed E-state index contributed by atoms with van der Waals surface area (Å²) in [6.07, 6.45) is 5.92. The van der Waals surface area contributed by atoms with Crippen LogP contribution in [0.4, 0.5) is 22.0 Å². The second kappa shape index (κ2) is 9.97. The van der Waals surface area contributed by atoms with Gasteiger partial charge in [-0.1, -0.05) is 0 Å². The van der Waals surface area contributed by atoms with E-state index in [2.05, 4.69) is 20.5 Å². The molecular formula is C27H25N7O4S. The Labute approximate surface area is 224 Å². The molecular weight excluding hydrogens is 518 g/mol. The van der Waals surface area contributed by atoms with Gasteiger partial charge in [0.1, 0.15) is 5.82 Å². The standard InChI is InChI=1S/C27H25N7O4S/c1-39(36,37)34-12-10-21-23(34)9-8-22-24(21)31-25(32-26(22)33-13-15-38-16-14-33)18-4-6-19(7-5-18)29-27(35)30-20-3-2-11-28-17-20/h2-12,17H,13-16H2,1H3,(H2,29,30,35). The lowest BCUT2D eigenvalue weighted by Crippen LogP contribution is -2.37. The highest BCUT2D eigenvalue weighted by Crippen LogP contribution is 2.34. The lowest BCUT2D eigenvalue weighted by atomic mass is 10.1. The number of morpholine rings is 1. The zero-order chi connectivity index (χ0) is 27.0. The second-order valence-electron chi connectivity index (χ2n) is 9.14. The molecule has 12 heteroatoms. The van der Waals surface area contributed by atoms with Gasteiger partial charge < -0.3 is 20.3 Å². The molecule has 4 heterocycles. The van der Waals surface area contributed by atoms with Crippen LogP contribution in [0.5, 0.6) is 0 Å². The van der Waals surface area contributed by atoms with Crippen LogP contribution in [0.3, 0.4) is 0 Å². The van der Waals surface area contributed by atoms with Crippen LogP contribution in [0.25, 0.3) is 33.2 Å². The number of fused-ring (bicyclic) bond motifs is 3. The molecule has 2 amide bonds. The van der Waals surface area contributed by atoms with Gasteiger partial charge >= 0.3 is 6.03 Å². The molecule has 1 saturated heterocycles. The minimum absolute atomic E-state index is 0.384. The number of hydrogen-bond donors (Lipinski definition) is 2. The summed E-state index contributed by atoms with van der Waals surface area (Å²) < 4.78 is 31.5. The smallest absolute Gasteiger partial charge is 0.323 e. The molecule has 2 aromatic carbocycles. The number of hydrogen-bond acceptors (Lipinski definition) is 8. The molecule has 1 aliphatic heterocycles. The van der Waals surface area contributed by atoms with Crippen LogP contribution in [-0.4, -0.2) is 65.9 Å². The monoisotopic (exact) mass is 543 g/mol. The van der Waals surface area contributed by atoms with Crippen molar-refractivity contribution in [2.45, 2.75) is 0 Å². The number of nitrogens with zero attached hydrogens (tertiary/aromatic N) is 5. The van der Waals surface area contributed by atoms with Crippen LogP contribution in [-0.2, 0) is 14.8 Å². The Hall–Kier alpha value is -4.55. The first-order valence-corrected chi connectivity index (χ1v) is 14.2. The van der Waals surface area contributed by atoms with Gasteiger partial charge in [0.15, 0.2) is 5.82 Å². The summed E-state index contributed by atoms with van der Waals surface area (Å²) in [5.41, 5.74) is 3.16. The van der Waals surface area contributed by atoms with Crippen molar-refractivity contribution in [3.63, 3.8) is 0 Å². The van der Waals surface area contributed by atoms with E-state index in [0.717, 1.165) is 22.2 Å². The Kier molecular flexibility index (Phi) is 6.33. The van der Waals surface area contributed by atoms with E-state index in [9.17, 15) is 13.2 Å². The first-order valence-electron chi connectivity index (χ1n) is 12.3. The number of nitrogens with one attached hydrogen (secondary N) is 2. The summed E-state index contributed by atoms with van der Waals surface area (Å²) in [5, 5.41) is 7.10. The third-order valence-electron chi connectivity index (χ3n) is 6.47. The average Bonchev–Trinajstić information content (AvgIpc) is 3.40. The number of rotatable bonds is 5. The van der Waals surface area contributed by atoms with Crippen LogP contribution >= 0.6 is 0 Å². The summed E-state index contributed by atoms with van der Waals surface area (Å²) >= 11 is 0. The summed E-state index contributed by atoms with van der Waals surface area (Å²) in [4.78, 5) is 28.3. The molecule has 2 N–H and O–H groups in total. The van der Waals surface area contributed by atoms with Crippen molar-refractivity contribution in [2.75, 3.05) is 48.1 Å². The highest BCUT2D eigenvalue weighted by Gasteiger charge is 2.21. The van der Waals surface area contributed by atoms with Crippen LogP contribution < -0.4 is 15.5 Å². The maximum atomic E-state index is 12.4. The fourth-order valence-corrected chi connectivity index (χ4v) is 5.43. The summed E-state index contributed by atoms with van der Waals surface area (Å²) in [7, 11) is -3.48. The molecule has 0 atom stereocenters. The lowest BCUT2D eigenvalue weighted by Gasteiger charge is -2.29. The minimum Gasteiger partial charge on any atom is -0.378 e. The molecule has 3 aromatic heterocycles.